The number of amides is 2. The Labute approximate surface area is 133 Å². The maximum absolute atomic E-state index is 12.3. The molecule has 0 heterocycles. The number of carbonyl (C=O) groups is 2. The molecule has 1 unspecified atom stereocenters. The molecule has 2 aliphatic rings. The lowest BCUT2D eigenvalue weighted by molar-refractivity contribution is -0.136. The van der Waals surface area contributed by atoms with E-state index in [0.717, 1.165) is 38.5 Å². The van der Waals surface area contributed by atoms with Gasteiger partial charge in [-0.05, 0) is 45.4 Å². The topological polar surface area (TPSA) is 69.6 Å². The van der Waals surface area contributed by atoms with E-state index in [9.17, 15) is 14.7 Å². The van der Waals surface area contributed by atoms with Crippen LogP contribution in [0.2, 0.25) is 0 Å². The molecule has 2 fully saturated rings. The van der Waals surface area contributed by atoms with Gasteiger partial charge in [-0.3, -0.25) is 9.59 Å². The molecule has 2 saturated carbocycles. The number of likely N-dealkylation sites (N-methyl/N-ethyl adjacent to an activating group) is 1. The summed E-state index contributed by atoms with van der Waals surface area (Å²) in [5, 5.41) is 12.6. The molecule has 5 heteroatoms. The molecule has 5 nitrogen and oxygen atoms in total. The molecule has 2 amide bonds. The fourth-order valence-corrected chi connectivity index (χ4v) is 3.79. The first-order chi connectivity index (χ1) is 10.5. The van der Waals surface area contributed by atoms with Crippen LogP contribution < -0.4 is 5.32 Å². The molecule has 0 spiro atoms. The van der Waals surface area contributed by atoms with Gasteiger partial charge in [0.2, 0.25) is 11.8 Å². The van der Waals surface area contributed by atoms with Gasteiger partial charge in [0.25, 0.3) is 0 Å². The highest BCUT2D eigenvalue weighted by Crippen LogP contribution is 2.28. The van der Waals surface area contributed by atoms with Gasteiger partial charge in [-0.25, -0.2) is 0 Å². The Morgan fingerprint density at radius 1 is 1.09 bits per heavy atom. The highest BCUT2D eigenvalue weighted by Gasteiger charge is 2.31. The Kier molecular flexibility index (Phi) is 6.24. The summed E-state index contributed by atoms with van der Waals surface area (Å²) in [5.41, 5.74) is 0. The molecular weight excluding hydrogens is 280 g/mol. The van der Waals surface area contributed by atoms with Crippen molar-refractivity contribution in [1.82, 2.24) is 10.2 Å². The molecule has 126 valence electrons. The van der Waals surface area contributed by atoms with Gasteiger partial charge in [0.05, 0.1) is 6.10 Å². The van der Waals surface area contributed by atoms with E-state index in [2.05, 4.69) is 5.32 Å². The maximum atomic E-state index is 12.3. The summed E-state index contributed by atoms with van der Waals surface area (Å²) >= 11 is 0. The first-order valence-corrected chi connectivity index (χ1v) is 8.70. The quantitative estimate of drug-likeness (QED) is 0.812. The smallest absolute Gasteiger partial charge is 0.225 e. The Hall–Kier alpha value is -1.10. The molecule has 0 bridgehead atoms. The molecule has 22 heavy (non-hydrogen) atoms. The van der Waals surface area contributed by atoms with E-state index in [4.69, 9.17) is 0 Å². The SMILES string of the molecule is CC(O)CN(C)C(=O)C1CCC(NC(=O)C2CCCC2)CC1. The Balaban J connectivity index is 1.73. The van der Waals surface area contributed by atoms with Gasteiger partial charge < -0.3 is 15.3 Å². The van der Waals surface area contributed by atoms with Crippen molar-refractivity contribution < 1.29 is 14.7 Å². The lowest BCUT2D eigenvalue weighted by atomic mass is 9.85. The minimum Gasteiger partial charge on any atom is -0.392 e. The predicted molar refractivity (Wildman–Crippen MR) is 85.2 cm³/mol. The monoisotopic (exact) mass is 310 g/mol. The van der Waals surface area contributed by atoms with Crippen molar-refractivity contribution in [2.24, 2.45) is 11.8 Å². The van der Waals surface area contributed by atoms with E-state index in [1.165, 1.54) is 12.8 Å². The van der Waals surface area contributed by atoms with Gasteiger partial charge in [-0.2, -0.15) is 0 Å². The van der Waals surface area contributed by atoms with Crippen LogP contribution in [0.15, 0.2) is 0 Å². The number of rotatable bonds is 5. The molecular formula is C17H30N2O3. The zero-order valence-corrected chi connectivity index (χ0v) is 13.9. The van der Waals surface area contributed by atoms with Gasteiger partial charge in [0, 0.05) is 31.5 Å². The Morgan fingerprint density at radius 3 is 2.23 bits per heavy atom. The number of aliphatic hydroxyl groups excluding tert-OH is 1. The highest BCUT2D eigenvalue weighted by atomic mass is 16.3. The summed E-state index contributed by atoms with van der Waals surface area (Å²) in [7, 11) is 1.75. The van der Waals surface area contributed by atoms with Crippen molar-refractivity contribution in [3.05, 3.63) is 0 Å². The number of aliphatic hydroxyl groups is 1. The summed E-state index contributed by atoms with van der Waals surface area (Å²) in [6.07, 6.45) is 7.36. The van der Waals surface area contributed by atoms with Gasteiger partial charge >= 0.3 is 0 Å². The number of hydrogen-bond acceptors (Lipinski definition) is 3. The summed E-state index contributed by atoms with van der Waals surface area (Å²) < 4.78 is 0. The van der Waals surface area contributed by atoms with E-state index < -0.39 is 6.10 Å². The molecule has 0 aliphatic heterocycles. The molecule has 0 aromatic rings. The normalized spacial score (nSPS) is 27.4. The van der Waals surface area contributed by atoms with Gasteiger partial charge in [0.15, 0.2) is 0 Å². The first-order valence-electron chi connectivity index (χ1n) is 8.70. The van der Waals surface area contributed by atoms with Gasteiger partial charge in [0.1, 0.15) is 0 Å². The standard InChI is InChI=1S/C17H30N2O3/c1-12(20)11-19(2)17(22)14-7-9-15(10-8-14)18-16(21)13-5-3-4-6-13/h12-15,20H,3-11H2,1-2H3,(H,18,21). The molecule has 0 radical (unpaired) electrons. The van der Waals surface area contributed by atoms with Crippen molar-refractivity contribution >= 4 is 11.8 Å². The van der Waals surface area contributed by atoms with Crippen molar-refractivity contribution in [3.63, 3.8) is 0 Å². The molecule has 0 saturated heterocycles. The predicted octanol–water partition coefficient (Wildman–Crippen LogP) is 1.69. The molecule has 0 aromatic carbocycles. The van der Waals surface area contributed by atoms with E-state index in [1.54, 1.807) is 18.9 Å². The van der Waals surface area contributed by atoms with Crippen LogP contribution in [0.5, 0.6) is 0 Å². The first kappa shape index (κ1) is 17.3. The third-order valence-electron chi connectivity index (χ3n) is 5.06. The zero-order valence-electron chi connectivity index (χ0n) is 13.9. The third kappa shape index (κ3) is 4.70. The summed E-state index contributed by atoms with van der Waals surface area (Å²) in [5.74, 6) is 0.611. The molecule has 0 aromatic heterocycles. The molecule has 2 rings (SSSR count). The van der Waals surface area contributed by atoms with E-state index in [1.807, 2.05) is 0 Å². The van der Waals surface area contributed by atoms with Crippen LogP contribution in [0.1, 0.15) is 58.3 Å². The van der Waals surface area contributed by atoms with Crippen molar-refractivity contribution in [2.45, 2.75) is 70.4 Å². The van der Waals surface area contributed by atoms with Crippen LogP contribution in [-0.4, -0.2) is 47.6 Å². The second-order valence-corrected chi connectivity index (χ2v) is 7.11. The number of nitrogens with one attached hydrogen (secondary N) is 1. The summed E-state index contributed by atoms with van der Waals surface area (Å²) in [6, 6.07) is 0.235. The van der Waals surface area contributed by atoms with Crippen LogP contribution in [0.4, 0.5) is 0 Å². The number of hydrogen-bond donors (Lipinski definition) is 2. The maximum Gasteiger partial charge on any atom is 0.225 e. The van der Waals surface area contributed by atoms with E-state index in [-0.39, 0.29) is 29.7 Å². The van der Waals surface area contributed by atoms with Gasteiger partial charge in [-0.15, -0.1) is 0 Å². The minimum absolute atomic E-state index is 0.0448. The van der Waals surface area contributed by atoms with Crippen molar-refractivity contribution in [1.29, 1.82) is 0 Å². The zero-order chi connectivity index (χ0) is 16.1. The number of carbonyl (C=O) groups excluding carboxylic acids is 2. The fourth-order valence-electron chi connectivity index (χ4n) is 3.79. The minimum atomic E-state index is -0.490. The summed E-state index contributed by atoms with van der Waals surface area (Å²) in [6.45, 7) is 2.08. The second kappa shape index (κ2) is 7.95. The van der Waals surface area contributed by atoms with Crippen molar-refractivity contribution in [3.8, 4) is 0 Å². The number of nitrogens with zero attached hydrogens (tertiary/aromatic N) is 1. The van der Waals surface area contributed by atoms with Crippen LogP contribution in [-0.2, 0) is 9.59 Å². The lowest BCUT2D eigenvalue weighted by Gasteiger charge is -2.31. The average Bonchev–Trinajstić information content (AvgIpc) is 3.01. The molecule has 2 N–H and O–H groups in total. The van der Waals surface area contributed by atoms with Crippen LogP contribution in [0.25, 0.3) is 0 Å². The van der Waals surface area contributed by atoms with Crippen LogP contribution in [0.3, 0.4) is 0 Å². The van der Waals surface area contributed by atoms with Crippen LogP contribution >= 0.6 is 0 Å². The van der Waals surface area contributed by atoms with E-state index in [0.29, 0.717) is 6.54 Å². The Bertz CT molecular complexity index is 383. The molecule has 1 atom stereocenters. The average molecular weight is 310 g/mol. The second-order valence-electron chi connectivity index (χ2n) is 7.11. The highest BCUT2D eigenvalue weighted by molar-refractivity contribution is 5.80. The fraction of sp³-hybridized carbons (Fsp3) is 0.882. The van der Waals surface area contributed by atoms with Crippen molar-refractivity contribution in [2.75, 3.05) is 13.6 Å². The largest absolute Gasteiger partial charge is 0.392 e. The van der Waals surface area contributed by atoms with E-state index >= 15 is 0 Å². The van der Waals surface area contributed by atoms with Gasteiger partial charge in [-0.1, -0.05) is 12.8 Å². The lowest BCUT2D eigenvalue weighted by Crippen LogP contribution is -2.43. The summed E-state index contributed by atoms with van der Waals surface area (Å²) in [4.78, 5) is 26.1. The molecule has 2 aliphatic carbocycles. The third-order valence-corrected chi connectivity index (χ3v) is 5.06. The van der Waals surface area contributed by atoms with Crippen LogP contribution in [0, 0.1) is 11.8 Å². The Morgan fingerprint density at radius 2 is 1.68 bits per heavy atom.